The fourth-order valence-corrected chi connectivity index (χ4v) is 1.62. The third kappa shape index (κ3) is 3.06. The molecule has 1 unspecified atom stereocenters. The van der Waals surface area contributed by atoms with E-state index in [1.807, 2.05) is 0 Å². The molecular formula is C11H12BrNO3. The molecule has 0 aliphatic heterocycles. The van der Waals surface area contributed by atoms with Crippen LogP contribution < -0.4 is 10.1 Å². The van der Waals surface area contributed by atoms with E-state index in [2.05, 4.69) is 21.2 Å². The number of hydrogen-bond donors (Lipinski definition) is 1. The Labute approximate surface area is 102 Å². The second-order valence-electron chi connectivity index (χ2n) is 3.18. The minimum Gasteiger partial charge on any atom is -0.480 e. The van der Waals surface area contributed by atoms with Crippen LogP contribution in [-0.4, -0.2) is 25.3 Å². The fourth-order valence-electron chi connectivity index (χ4n) is 1.13. The number of carbonyl (C=O) groups excluding carboxylic acids is 2. The summed E-state index contributed by atoms with van der Waals surface area (Å²) in [6.45, 7) is 1.65. The predicted molar refractivity (Wildman–Crippen MR) is 63.7 cm³/mol. The number of hydrogen-bond acceptors (Lipinski definition) is 3. The monoisotopic (exact) mass is 285 g/mol. The van der Waals surface area contributed by atoms with Crippen molar-refractivity contribution in [3.05, 3.63) is 28.2 Å². The van der Waals surface area contributed by atoms with E-state index in [4.69, 9.17) is 4.74 Å². The van der Waals surface area contributed by atoms with Gasteiger partial charge < -0.3 is 10.1 Å². The highest BCUT2D eigenvalue weighted by atomic mass is 79.9. The minimum atomic E-state index is -0.580. The molecule has 16 heavy (non-hydrogen) atoms. The lowest BCUT2D eigenvalue weighted by Crippen LogP contribution is -2.33. The summed E-state index contributed by atoms with van der Waals surface area (Å²) in [4.78, 5) is 21.8. The van der Waals surface area contributed by atoms with E-state index < -0.39 is 6.10 Å². The van der Waals surface area contributed by atoms with Crippen molar-refractivity contribution in [2.45, 2.75) is 13.0 Å². The molecule has 0 bridgehead atoms. The highest BCUT2D eigenvalue weighted by Gasteiger charge is 2.14. The largest absolute Gasteiger partial charge is 0.480 e. The molecule has 5 heteroatoms. The van der Waals surface area contributed by atoms with E-state index in [1.54, 1.807) is 32.2 Å². The van der Waals surface area contributed by atoms with Crippen molar-refractivity contribution < 1.29 is 14.3 Å². The second-order valence-corrected chi connectivity index (χ2v) is 4.04. The average molecular weight is 286 g/mol. The molecule has 0 fully saturated rings. The predicted octanol–water partition coefficient (Wildman–Crippen LogP) is 1.77. The van der Waals surface area contributed by atoms with Gasteiger partial charge in [-0.25, -0.2) is 0 Å². The maximum Gasteiger partial charge on any atom is 0.260 e. The van der Waals surface area contributed by atoms with E-state index in [0.717, 1.165) is 6.29 Å². The van der Waals surface area contributed by atoms with Gasteiger partial charge in [-0.15, -0.1) is 0 Å². The van der Waals surface area contributed by atoms with Crippen molar-refractivity contribution in [1.29, 1.82) is 0 Å². The van der Waals surface area contributed by atoms with Crippen LogP contribution in [0.5, 0.6) is 5.75 Å². The molecule has 1 atom stereocenters. The summed E-state index contributed by atoms with van der Waals surface area (Å²) in [5.74, 6) is 0.327. The third-order valence-corrected chi connectivity index (χ3v) is 2.63. The second kappa shape index (κ2) is 5.65. The van der Waals surface area contributed by atoms with Crippen LogP contribution in [0.2, 0.25) is 0 Å². The van der Waals surface area contributed by atoms with Gasteiger partial charge in [0.2, 0.25) is 0 Å². The first-order valence-electron chi connectivity index (χ1n) is 4.71. The summed E-state index contributed by atoms with van der Waals surface area (Å²) in [5.41, 5.74) is 0.548. The van der Waals surface area contributed by atoms with Crippen molar-refractivity contribution >= 4 is 28.1 Å². The van der Waals surface area contributed by atoms with Crippen LogP contribution in [0.25, 0.3) is 0 Å². The number of aldehydes is 1. The van der Waals surface area contributed by atoms with Gasteiger partial charge >= 0.3 is 0 Å². The Balaban J connectivity index is 2.82. The molecule has 0 aliphatic rings. The SMILES string of the molecule is CNC(=O)C(C)Oc1ccc(C=O)cc1Br. The number of rotatable bonds is 4. The molecule has 4 nitrogen and oxygen atoms in total. The van der Waals surface area contributed by atoms with Crippen LogP contribution in [0.15, 0.2) is 22.7 Å². The lowest BCUT2D eigenvalue weighted by molar-refractivity contribution is -0.126. The molecule has 1 amide bonds. The molecule has 0 aromatic heterocycles. The van der Waals surface area contributed by atoms with Crippen LogP contribution in [0, 0.1) is 0 Å². The Morgan fingerprint density at radius 3 is 2.75 bits per heavy atom. The van der Waals surface area contributed by atoms with Gasteiger partial charge in [0.05, 0.1) is 4.47 Å². The zero-order valence-corrected chi connectivity index (χ0v) is 10.6. The summed E-state index contributed by atoms with van der Waals surface area (Å²) in [7, 11) is 1.55. The van der Waals surface area contributed by atoms with Crippen LogP contribution in [0.3, 0.4) is 0 Å². The van der Waals surface area contributed by atoms with E-state index in [0.29, 0.717) is 15.8 Å². The van der Waals surface area contributed by atoms with Crippen molar-refractivity contribution in [1.82, 2.24) is 5.32 Å². The molecule has 0 radical (unpaired) electrons. The Morgan fingerprint density at radius 2 is 2.25 bits per heavy atom. The molecule has 0 saturated carbocycles. The van der Waals surface area contributed by atoms with Gasteiger partial charge in [0.1, 0.15) is 12.0 Å². The van der Waals surface area contributed by atoms with Gasteiger partial charge in [-0.2, -0.15) is 0 Å². The highest BCUT2D eigenvalue weighted by Crippen LogP contribution is 2.26. The number of carbonyl (C=O) groups is 2. The summed E-state index contributed by atoms with van der Waals surface area (Å²) in [6, 6.07) is 4.91. The summed E-state index contributed by atoms with van der Waals surface area (Å²) < 4.78 is 6.07. The molecule has 1 aromatic carbocycles. The molecule has 0 saturated heterocycles. The van der Waals surface area contributed by atoms with E-state index >= 15 is 0 Å². The summed E-state index contributed by atoms with van der Waals surface area (Å²) >= 11 is 3.27. The lowest BCUT2D eigenvalue weighted by atomic mass is 10.2. The first-order chi connectivity index (χ1) is 7.58. The van der Waals surface area contributed by atoms with Gasteiger partial charge in [0.15, 0.2) is 6.10 Å². The zero-order chi connectivity index (χ0) is 12.1. The standard InChI is InChI=1S/C11H12BrNO3/c1-7(11(15)13-2)16-10-4-3-8(6-14)5-9(10)12/h3-7H,1-2H3,(H,13,15). The van der Waals surface area contributed by atoms with Gasteiger partial charge in [-0.3, -0.25) is 9.59 Å². The molecular weight excluding hydrogens is 274 g/mol. The number of ether oxygens (including phenoxy) is 1. The topological polar surface area (TPSA) is 55.4 Å². The molecule has 0 heterocycles. The zero-order valence-electron chi connectivity index (χ0n) is 8.99. The number of nitrogens with one attached hydrogen (secondary N) is 1. The maximum atomic E-state index is 11.2. The fraction of sp³-hybridized carbons (Fsp3) is 0.273. The Kier molecular flexibility index (Phi) is 4.49. The van der Waals surface area contributed by atoms with Gasteiger partial charge in [-0.05, 0) is 41.1 Å². The highest BCUT2D eigenvalue weighted by molar-refractivity contribution is 9.10. The normalized spacial score (nSPS) is 11.7. The Bertz CT molecular complexity index is 406. The Hall–Kier alpha value is -1.36. The third-order valence-electron chi connectivity index (χ3n) is 2.01. The van der Waals surface area contributed by atoms with Gasteiger partial charge in [-0.1, -0.05) is 0 Å². The summed E-state index contributed by atoms with van der Waals surface area (Å²) in [5, 5.41) is 2.49. The summed E-state index contributed by atoms with van der Waals surface area (Å²) in [6.07, 6.45) is 0.167. The van der Waals surface area contributed by atoms with Crippen LogP contribution in [0.4, 0.5) is 0 Å². The first kappa shape index (κ1) is 12.7. The molecule has 1 rings (SSSR count). The smallest absolute Gasteiger partial charge is 0.260 e. The van der Waals surface area contributed by atoms with Gasteiger partial charge in [0, 0.05) is 12.6 Å². The van der Waals surface area contributed by atoms with Crippen molar-refractivity contribution in [3.8, 4) is 5.75 Å². The number of halogens is 1. The van der Waals surface area contributed by atoms with Crippen LogP contribution in [0.1, 0.15) is 17.3 Å². The molecule has 1 N–H and O–H groups in total. The van der Waals surface area contributed by atoms with E-state index in [-0.39, 0.29) is 5.91 Å². The number of amides is 1. The van der Waals surface area contributed by atoms with Gasteiger partial charge in [0.25, 0.3) is 5.91 Å². The maximum absolute atomic E-state index is 11.2. The van der Waals surface area contributed by atoms with Crippen molar-refractivity contribution in [2.75, 3.05) is 7.05 Å². The number of likely N-dealkylation sites (N-methyl/N-ethyl adjacent to an activating group) is 1. The molecule has 1 aromatic rings. The molecule has 0 spiro atoms. The van der Waals surface area contributed by atoms with Crippen LogP contribution >= 0.6 is 15.9 Å². The molecule has 86 valence electrons. The number of benzene rings is 1. The first-order valence-corrected chi connectivity index (χ1v) is 5.50. The van der Waals surface area contributed by atoms with Crippen molar-refractivity contribution in [3.63, 3.8) is 0 Å². The average Bonchev–Trinajstić information content (AvgIpc) is 2.30. The van der Waals surface area contributed by atoms with E-state index in [1.165, 1.54) is 0 Å². The quantitative estimate of drug-likeness (QED) is 0.858. The molecule has 0 aliphatic carbocycles. The van der Waals surface area contributed by atoms with Crippen molar-refractivity contribution in [2.24, 2.45) is 0 Å². The minimum absolute atomic E-state index is 0.202. The lowest BCUT2D eigenvalue weighted by Gasteiger charge is -2.14. The van der Waals surface area contributed by atoms with Crippen LogP contribution in [-0.2, 0) is 4.79 Å². The Morgan fingerprint density at radius 1 is 1.56 bits per heavy atom. The van der Waals surface area contributed by atoms with E-state index in [9.17, 15) is 9.59 Å².